The van der Waals surface area contributed by atoms with Gasteiger partial charge in [0.25, 0.3) is 0 Å². The number of aromatic nitrogens is 3. The monoisotopic (exact) mass is 240 g/mol. The Balaban J connectivity index is 1.71. The van der Waals surface area contributed by atoms with Gasteiger partial charge in [-0.05, 0) is 25.0 Å². The quantitative estimate of drug-likeness (QED) is 0.806. The number of nitrogens with zero attached hydrogens (tertiary/aromatic N) is 2. The van der Waals surface area contributed by atoms with Gasteiger partial charge in [0.05, 0.1) is 11.9 Å². The zero-order valence-corrected chi connectivity index (χ0v) is 10.1. The summed E-state index contributed by atoms with van der Waals surface area (Å²) in [6.07, 6.45) is 12.2. The summed E-state index contributed by atoms with van der Waals surface area (Å²) in [5, 5.41) is 10.7. The molecule has 2 aromatic rings. The fourth-order valence-electron chi connectivity index (χ4n) is 2.24. The van der Waals surface area contributed by atoms with Crippen LogP contribution in [0.1, 0.15) is 18.4 Å². The Hall–Kier alpha value is -1.94. The lowest BCUT2D eigenvalue weighted by Crippen LogP contribution is -2.25. The molecule has 0 bridgehead atoms. The van der Waals surface area contributed by atoms with Crippen molar-refractivity contribution in [3.8, 4) is 11.3 Å². The van der Waals surface area contributed by atoms with Crippen molar-refractivity contribution in [2.75, 3.05) is 0 Å². The maximum Gasteiger partial charge on any atom is 0.0710 e. The van der Waals surface area contributed by atoms with Crippen LogP contribution in [-0.4, -0.2) is 21.2 Å². The molecule has 0 saturated carbocycles. The van der Waals surface area contributed by atoms with E-state index in [0.29, 0.717) is 6.04 Å². The van der Waals surface area contributed by atoms with Gasteiger partial charge in [-0.25, -0.2) is 0 Å². The Morgan fingerprint density at radius 2 is 2.17 bits per heavy atom. The summed E-state index contributed by atoms with van der Waals surface area (Å²) in [6.45, 7) is 0.840. The third-order valence-corrected chi connectivity index (χ3v) is 3.26. The molecule has 1 aliphatic rings. The van der Waals surface area contributed by atoms with Crippen molar-refractivity contribution < 1.29 is 0 Å². The van der Waals surface area contributed by atoms with Gasteiger partial charge in [0.15, 0.2) is 0 Å². The van der Waals surface area contributed by atoms with Crippen LogP contribution < -0.4 is 5.32 Å². The molecule has 0 spiro atoms. The number of H-pyrrole nitrogens is 1. The summed E-state index contributed by atoms with van der Waals surface area (Å²) in [6, 6.07) is 4.55. The molecule has 0 radical (unpaired) electrons. The average Bonchev–Trinajstić information content (AvgIpc) is 3.09. The zero-order chi connectivity index (χ0) is 12.2. The molecule has 0 atom stereocenters. The van der Waals surface area contributed by atoms with Gasteiger partial charge < -0.3 is 5.32 Å². The summed E-state index contributed by atoms with van der Waals surface area (Å²) in [7, 11) is 0. The van der Waals surface area contributed by atoms with Crippen molar-refractivity contribution in [3.05, 3.63) is 48.4 Å². The summed E-state index contributed by atoms with van der Waals surface area (Å²) in [4.78, 5) is 4.14. The maximum atomic E-state index is 4.14. The van der Waals surface area contributed by atoms with E-state index in [9.17, 15) is 0 Å². The Morgan fingerprint density at radius 1 is 1.28 bits per heavy atom. The third-order valence-electron chi connectivity index (χ3n) is 3.26. The fourth-order valence-corrected chi connectivity index (χ4v) is 2.24. The van der Waals surface area contributed by atoms with Crippen LogP contribution >= 0.6 is 0 Å². The molecule has 3 rings (SSSR count). The Labute approximate surface area is 106 Å². The summed E-state index contributed by atoms with van der Waals surface area (Å²) < 4.78 is 0. The molecule has 0 amide bonds. The molecular formula is C14H16N4. The first-order valence-corrected chi connectivity index (χ1v) is 6.24. The van der Waals surface area contributed by atoms with E-state index in [0.717, 1.165) is 30.6 Å². The molecule has 1 aliphatic carbocycles. The molecule has 4 heteroatoms. The van der Waals surface area contributed by atoms with Gasteiger partial charge in [-0.3, -0.25) is 10.1 Å². The number of hydrogen-bond donors (Lipinski definition) is 2. The molecule has 18 heavy (non-hydrogen) atoms. The fraction of sp³-hybridized carbons (Fsp3) is 0.286. The summed E-state index contributed by atoms with van der Waals surface area (Å²) in [5.41, 5.74) is 3.33. The molecule has 2 aromatic heterocycles. The lowest BCUT2D eigenvalue weighted by molar-refractivity contribution is 0.539. The second-order valence-corrected chi connectivity index (χ2v) is 4.53. The van der Waals surface area contributed by atoms with Crippen molar-refractivity contribution in [1.82, 2.24) is 20.5 Å². The van der Waals surface area contributed by atoms with Gasteiger partial charge >= 0.3 is 0 Å². The van der Waals surface area contributed by atoms with Gasteiger partial charge in [0.1, 0.15) is 0 Å². The first-order chi connectivity index (χ1) is 8.93. The number of nitrogens with one attached hydrogen (secondary N) is 2. The minimum atomic E-state index is 0.571. The molecule has 0 aliphatic heterocycles. The topological polar surface area (TPSA) is 53.6 Å². The van der Waals surface area contributed by atoms with Gasteiger partial charge in [-0.15, -0.1) is 0 Å². The molecule has 2 heterocycles. The first kappa shape index (κ1) is 11.2. The van der Waals surface area contributed by atoms with Crippen LogP contribution in [0.15, 0.2) is 42.9 Å². The Kier molecular flexibility index (Phi) is 3.19. The Morgan fingerprint density at radius 3 is 2.94 bits per heavy atom. The van der Waals surface area contributed by atoms with Crippen LogP contribution in [0.3, 0.4) is 0 Å². The number of rotatable bonds is 4. The van der Waals surface area contributed by atoms with E-state index in [1.165, 1.54) is 5.56 Å². The van der Waals surface area contributed by atoms with E-state index in [1.807, 2.05) is 24.5 Å². The highest BCUT2D eigenvalue weighted by Crippen LogP contribution is 2.20. The highest BCUT2D eigenvalue weighted by atomic mass is 15.1. The molecule has 92 valence electrons. The lowest BCUT2D eigenvalue weighted by atomic mass is 10.1. The summed E-state index contributed by atoms with van der Waals surface area (Å²) >= 11 is 0. The third kappa shape index (κ3) is 2.33. The molecular weight excluding hydrogens is 224 g/mol. The zero-order valence-electron chi connectivity index (χ0n) is 10.1. The predicted octanol–water partition coefficient (Wildman–Crippen LogP) is 2.28. The van der Waals surface area contributed by atoms with Crippen LogP contribution in [0.2, 0.25) is 0 Å². The SMILES string of the molecule is C1=CCC(NCc2cn[nH]c2-c2cccnc2)C1. The highest BCUT2D eigenvalue weighted by Gasteiger charge is 2.12. The molecule has 0 unspecified atom stereocenters. The summed E-state index contributed by atoms with van der Waals surface area (Å²) in [5.74, 6) is 0. The van der Waals surface area contributed by atoms with Crippen molar-refractivity contribution in [1.29, 1.82) is 0 Å². The molecule has 0 fully saturated rings. The second kappa shape index (κ2) is 5.14. The largest absolute Gasteiger partial charge is 0.309 e. The van der Waals surface area contributed by atoms with Crippen LogP contribution in [0.5, 0.6) is 0 Å². The van der Waals surface area contributed by atoms with E-state index < -0.39 is 0 Å². The van der Waals surface area contributed by atoms with Crippen LogP contribution in [-0.2, 0) is 6.54 Å². The maximum absolute atomic E-state index is 4.14. The van der Waals surface area contributed by atoms with Crippen molar-refractivity contribution in [2.45, 2.75) is 25.4 Å². The smallest absolute Gasteiger partial charge is 0.0710 e. The van der Waals surface area contributed by atoms with Crippen LogP contribution in [0, 0.1) is 0 Å². The van der Waals surface area contributed by atoms with E-state index in [4.69, 9.17) is 0 Å². The second-order valence-electron chi connectivity index (χ2n) is 4.53. The highest BCUT2D eigenvalue weighted by molar-refractivity contribution is 5.61. The lowest BCUT2D eigenvalue weighted by Gasteiger charge is -2.11. The molecule has 0 aromatic carbocycles. The van der Waals surface area contributed by atoms with Crippen molar-refractivity contribution in [2.24, 2.45) is 0 Å². The Bertz CT molecular complexity index is 522. The number of pyridine rings is 1. The average molecular weight is 240 g/mol. The van der Waals surface area contributed by atoms with E-state index in [2.05, 4.69) is 32.7 Å². The van der Waals surface area contributed by atoms with E-state index in [1.54, 1.807) is 6.20 Å². The van der Waals surface area contributed by atoms with Gasteiger partial charge in [0.2, 0.25) is 0 Å². The molecule has 4 nitrogen and oxygen atoms in total. The predicted molar refractivity (Wildman–Crippen MR) is 70.8 cm³/mol. The van der Waals surface area contributed by atoms with E-state index >= 15 is 0 Å². The van der Waals surface area contributed by atoms with Gasteiger partial charge in [0, 0.05) is 36.1 Å². The van der Waals surface area contributed by atoms with Gasteiger partial charge in [-0.2, -0.15) is 5.10 Å². The minimum absolute atomic E-state index is 0.571. The standard InChI is InChI=1S/C14H16N4/c1-2-6-13(5-1)16-9-12-10-17-18-14(12)11-4-3-7-15-8-11/h1-4,7-8,10,13,16H,5-6,9H2,(H,17,18). The normalized spacial score (nSPS) is 15.3. The van der Waals surface area contributed by atoms with Crippen molar-refractivity contribution in [3.63, 3.8) is 0 Å². The van der Waals surface area contributed by atoms with Gasteiger partial charge in [-0.1, -0.05) is 12.2 Å². The van der Waals surface area contributed by atoms with Crippen molar-refractivity contribution >= 4 is 0 Å². The number of hydrogen-bond acceptors (Lipinski definition) is 3. The minimum Gasteiger partial charge on any atom is -0.309 e. The molecule has 0 saturated heterocycles. The van der Waals surface area contributed by atoms with Crippen LogP contribution in [0.25, 0.3) is 11.3 Å². The number of aromatic amines is 1. The van der Waals surface area contributed by atoms with E-state index in [-0.39, 0.29) is 0 Å². The molecule has 2 N–H and O–H groups in total. The first-order valence-electron chi connectivity index (χ1n) is 6.24. The van der Waals surface area contributed by atoms with Crippen LogP contribution in [0.4, 0.5) is 0 Å².